The molecule has 1 atom stereocenters. The monoisotopic (exact) mass is 531 g/mol. The highest BCUT2D eigenvalue weighted by Crippen LogP contribution is 2.10. The molecule has 168 valence electrons. The summed E-state index contributed by atoms with van der Waals surface area (Å²) in [5, 5.41) is 6.60. The van der Waals surface area contributed by atoms with Crippen molar-refractivity contribution in [3.05, 3.63) is 35.4 Å². The molecule has 0 spiro atoms. The topological polar surface area (TPSA) is 86.3 Å². The quantitative estimate of drug-likeness (QED) is 0.299. The van der Waals surface area contributed by atoms with Crippen LogP contribution in [0.1, 0.15) is 22.3 Å². The van der Waals surface area contributed by atoms with Crippen LogP contribution < -0.4 is 10.6 Å². The van der Waals surface area contributed by atoms with Crippen molar-refractivity contribution in [2.75, 3.05) is 61.0 Å². The van der Waals surface area contributed by atoms with E-state index >= 15 is 0 Å². The molecule has 2 rings (SSSR count). The van der Waals surface area contributed by atoms with Gasteiger partial charge in [0, 0.05) is 59.4 Å². The van der Waals surface area contributed by atoms with Crippen LogP contribution >= 0.6 is 24.0 Å². The van der Waals surface area contributed by atoms with Gasteiger partial charge in [-0.05, 0) is 30.5 Å². The van der Waals surface area contributed by atoms with Crippen LogP contribution in [0.2, 0.25) is 0 Å². The standard InChI is InChI=1S/C21H33N5O3.HI/c1-25(2)19(27)14-24-21(23-13-17-9-11-29-15-17)22-10-8-16-6-5-7-18(12-16)20(28)26(3)4;/h5-7,12,17H,8-11,13-15H2,1-4H3,(H2,22,23,24);1H. The second-order valence-electron chi connectivity index (χ2n) is 7.64. The molecule has 1 aromatic carbocycles. The van der Waals surface area contributed by atoms with E-state index in [-0.39, 0.29) is 42.3 Å². The minimum Gasteiger partial charge on any atom is -0.381 e. The third-order valence-corrected chi connectivity index (χ3v) is 4.74. The maximum atomic E-state index is 12.1. The van der Waals surface area contributed by atoms with E-state index in [1.165, 1.54) is 4.90 Å². The van der Waals surface area contributed by atoms with E-state index in [9.17, 15) is 9.59 Å². The fraction of sp³-hybridized carbons (Fsp3) is 0.571. The fourth-order valence-corrected chi connectivity index (χ4v) is 2.89. The smallest absolute Gasteiger partial charge is 0.253 e. The first-order chi connectivity index (χ1) is 13.9. The number of aliphatic imine (C=N–C) groups is 1. The number of likely N-dealkylation sites (N-methyl/N-ethyl adjacent to an activating group) is 1. The van der Waals surface area contributed by atoms with Crippen molar-refractivity contribution in [2.24, 2.45) is 10.9 Å². The lowest BCUT2D eigenvalue weighted by Crippen LogP contribution is -2.41. The first-order valence-corrected chi connectivity index (χ1v) is 9.97. The number of carbonyl (C=O) groups is 2. The minimum absolute atomic E-state index is 0. The summed E-state index contributed by atoms with van der Waals surface area (Å²) in [7, 11) is 6.93. The number of ether oxygens (including phenoxy) is 1. The number of rotatable bonds is 8. The number of benzene rings is 1. The molecule has 0 aliphatic carbocycles. The van der Waals surface area contributed by atoms with E-state index in [0.717, 1.165) is 38.2 Å². The molecule has 0 aromatic heterocycles. The van der Waals surface area contributed by atoms with Crippen molar-refractivity contribution < 1.29 is 14.3 Å². The molecule has 2 N–H and O–H groups in total. The van der Waals surface area contributed by atoms with E-state index in [4.69, 9.17) is 4.74 Å². The number of nitrogens with one attached hydrogen (secondary N) is 2. The average molecular weight is 531 g/mol. The maximum absolute atomic E-state index is 12.1. The van der Waals surface area contributed by atoms with E-state index in [1.807, 2.05) is 24.3 Å². The van der Waals surface area contributed by atoms with Crippen molar-refractivity contribution in [1.82, 2.24) is 20.4 Å². The molecular weight excluding hydrogens is 497 g/mol. The SMILES string of the molecule is CN(C)C(=O)CN=C(NCCc1cccc(C(=O)N(C)C)c1)NCC1CCOC1.I. The summed E-state index contributed by atoms with van der Waals surface area (Å²) in [6, 6.07) is 7.64. The zero-order valence-corrected chi connectivity index (χ0v) is 20.6. The molecule has 1 fully saturated rings. The molecule has 1 saturated heterocycles. The predicted molar refractivity (Wildman–Crippen MR) is 130 cm³/mol. The molecule has 0 saturated carbocycles. The average Bonchev–Trinajstić information content (AvgIpc) is 3.22. The molecule has 8 nitrogen and oxygen atoms in total. The van der Waals surface area contributed by atoms with Gasteiger partial charge in [0.25, 0.3) is 5.91 Å². The van der Waals surface area contributed by atoms with Crippen LogP contribution in [-0.4, -0.2) is 88.6 Å². The van der Waals surface area contributed by atoms with Crippen molar-refractivity contribution in [1.29, 1.82) is 0 Å². The first-order valence-electron chi connectivity index (χ1n) is 9.97. The van der Waals surface area contributed by atoms with Gasteiger partial charge in [-0.15, -0.1) is 24.0 Å². The summed E-state index contributed by atoms with van der Waals surface area (Å²) in [6.07, 6.45) is 1.77. The summed E-state index contributed by atoms with van der Waals surface area (Å²) in [5.41, 5.74) is 1.75. The van der Waals surface area contributed by atoms with E-state index in [1.54, 1.807) is 33.1 Å². The van der Waals surface area contributed by atoms with Gasteiger partial charge in [-0.2, -0.15) is 0 Å². The second kappa shape index (κ2) is 13.4. The van der Waals surface area contributed by atoms with Gasteiger partial charge in [0.2, 0.25) is 5.91 Å². The number of guanidine groups is 1. The second-order valence-corrected chi connectivity index (χ2v) is 7.64. The van der Waals surface area contributed by atoms with E-state index in [0.29, 0.717) is 24.0 Å². The Morgan fingerprint density at radius 3 is 2.57 bits per heavy atom. The molecule has 9 heteroatoms. The Morgan fingerprint density at radius 1 is 1.17 bits per heavy atom. The summed E-state index contributed by atoms with van der Waals surface area (Å²) < 4.78 is 5.41. The Kier molecular flexibility index (Phi) is 11.7. The number of amides is 2. The van der Waals surface area contributed by atoms with Crippen molar-refractivity contribution in [2.45, 2.75) is 12.8 Å². The van der Waals surface area contributed by atoms with Crippen molar-refractivity contribution in [3.8, 4) is 0 Å². The Bertz CT molecular complexity index is 718. The minimum atomic E-state index is -0.0507. The highest BCUT2D eigenvalue weighted by molar-refractivity contribution is 14.0. The molecule has 1 aromatic rings. The van der Waals surface area contributed by atoms with Crippen LogP contribution in [0.15, 0.2) is 29.3 Å². The number of carbonyl (C=O) groups excluding carboxylic acids is 2. The molecule has 1 aliphatic rings. The largest absolute Gasteiger partial charge is 0.381 e. The van der Waals surface area contributed by atoms with Crippen LogP contribution in [0.4, 0.5) is 0 Å². The van der Waals surface area contributed by atoms with Crippen molar-refractivity contribution in [3.63, 3.8) is 0 Å². The number of hydrogen-bond donors (Lipinski definition) is 2. The number of nitrogens with zero attached hydrogens (tertiary/aromatic N) is 3. The van der Waals surface area contributed by atoms with Gasteiger partial charge >= 0.3 is 0 Å². The Hall–Kier alpha value is -1.88. The molecule has 0 radical (unpaired) electrons. The van der Waals surface area contributed by atoms with Crippen LogP contribution in [0, 0.1) is 5.92 Å². The normalized spacial score (nSPS) is 15.9. The maximum Gasteiger partial charge on any atom is 0.253 e. The van der Waals surface area contributed by atoms with Crippen LogP contribution in [0.5, 0.6) is 0 Å². The van der Waals surface area contributed by atoms with Crippen LogP contribution in [0.25, 0.3) is 0 Å². The Balaban J connectivity index is 0.00000450. The molecule has 0 bridgehead atoms. The van der Waals surface area contributed by atoms with Crippen molar-refractivity contribution >= 4 is 41.8 Å². The lowest BCUT2D eigenvalue weighted by atomic mass is 10.1. The molecule has 1 heterocycles. The van der Waals surface area contributed by atoms with Gasteiger partial charge in [0.1, 0.15) is 6.54 Å². The van der Waals surface area contributed by atoms with E-state index < -0.39 is 0 Å². The molecular formula is C21H34IN5O3. The molecule has 1 unspecified atom stereocenters. The third kappa shape index (κ3) is 8.86. The Labute approximate surface area is 196 Å². The number of halogens is 1. The summed E-state index contributed by atoms with van der Waals surface area (Å²) in [6.45, 7) is 3.05. The lowest BCUT2D eigenvalue weighted by Gasteiger charge is -2.16. The molecule has 30 heavy (non-hydrogen) atoms. The Morgan fingerprint density at radius 2 is 1.93 bits per heavy atom. The van der Waals surface area contributed by atoms with Gasteiger partial charge in [-0.25, -0.2) is 4.99 Å². The van der Waals surface area contributed by atoms with Crippen LogP contribution in [-0.2, 0) is 16.0 Å². The molecule has 2 amide bonds. The molecule has 1 aliphatic heterocycles. The van der Waals surface area contributed by atoms with Gasteiger partial charge < -0.3 is 25.2 Å². The fourth-order valence-electron chi connectivity index (χ4n) is 2.89. The van der Waals surface area contributed by atoms with Gasteiger partial charge in [0.05, 0.1) is 6.61 Å². The highest BCUT2D eigenvalue weighted by atomic mass is 127. The summed E-state index contributed by atoms with van der Waals surface area (Å²) in [5.74, 6) is 1.02. The van der Waals surface area contributed by atoms with E-state index in [2.05, 4.69) is 15.6 Å². The zero-order valence-electron chi connectivity index (χ0n) is 18.3. The summed E-state index contributed by atoms with van der Waals surface area (Å²) >= 11 is 0. The first kappa shape index (κ1) is 26.2. The zero-order chi connectivity index (χ0) is 21.2. The third-order valence-electron chi connectivity index (χ3n) is 4.74. The highest BCUT2D eigenvalue weighted by Gasteiger charge is 2.16. The summed E-state index contributed by atoms with van der Waals surface area (Å²) in [4.78, 5) is 31.5. The van der Waals surface area contributed by atoms with Gasteiger partial charge in [-0.1, -0.05) is 12.1 Å². The van der Waals surface area contributed by atoms with Crippen LogP contribution in [0.3, 0.4) is 0 Å². The predicted octanol–water partition coefficient (Wildman–Crippen LogP) is 1.21. The van der Waals surface area contributed by atoms with Gasteiger partial charge in [-0.3, -0.25) is 9.59 Å². The number of hydrogen-bond acceptors (Lipinski definition) is 4. The van der Waals surface area contributed by atoms with Gasteiger partial charge in [0.15, 0.2) is 5.96 Å². The lowest BCUT2D eigenvalue weighted by molar-refractivity contribution is -0.127.